The van der Waals surface area contributed by atoms with Gasteiger partial charge in [-0.1, -0.05) is 31.9 Å². The number of carbonyl (C=O) groups excluding carboxylic acids is 1. The van der Waals surface area contributed by atoms with Crippen LogP contribution in [0.5, 0.6) is 0 Å². The number of rotatable bonds is 0. The summed E-state index contributed by atoms with van der Waals surface area (Å²) in [4.78, 5) is 12.5. The standard InChI is InChI=1S/C20H28O3/c1-11-9-20-10-12(11)6-7-14(20)19(2)8-4-3-5-13-15(19)16(17(20)21)23-18(13)22/h12-17,21H,1,3-10H2,2H3/t12-,13+,14-,15-,16-,17+,19+,20-/m1/s1. The van der Waals surface area contributed by atoms with E-state index in [9.17, 15) is 9.90 Å². The number of fused-ring (bicyclic) bond motifs is 2. The van der Waals surface area contributed by atoms with Gasteiger partial charge in [-0.25, -0.2) is 0 Å². The normalized spacial score (nSPS) is 57.5. The highest BCUT2D eigenvalue weighted by Gasteiger charge is 2.71. The lowest BCUT2D eigenvalue weighted by atomic mass is 9.44. The molecule has 4 saturated carbocycles. The fourth-order valence-corrected chi connectivity index (χ4v) is 7.72. The maximum absolute atomic E-state index is 12.5. The maximum Gasteiger partial charge on any atom is 0.309 e. The Morgan fingerprint density at radius 2 is 2.09 bits per heavy atom. The summed E-state index contributed by atoms with van der Waals surface area (Å²) in [5.41, 5.74) is 1.41. The molecule has 0 amide bonds. The lowest BCUT2D eigenvalue weighted by Gasteiger charge is -2.60. The van der Waals surface area contributed by atoms with Gasteiger partial charge in [0, 0.05) is 11.3 Å². The SMILES string of the molecule is C=C1C[C@@]23C[C@H]1CC[C@@H]2[C@]1(C)CCCC[C@@H]2C(=O)O[C@H]([C@@H]21)[C@@H]3O. The predicted molar refractivity (Wildman–Crippen MR) is 86.5 cm³/mol. The molecule has 23 heavy (non-hydrogen) atoms. The average molecular weight is 316 g/mol. The van der Waals surface area contributed by atoms with Crippen molar-refractivity contribution in [3.05, 3.63) is 12.2 Å². The van der Waals surface area contributed by atoms with Crippen LogP contribution in [0, 0.1) is 34.5 Å². The van der Waals surface area contributed by atoms with Crippen molar-refractivity contribution in [2.75, 3.05) is 0 Å². The van der Waals surface area contributed by atoms with E-state index in [-0.39, 0.29) is 34.7 Å². The molecule has 4 aliphatic carbocycles. The fourth-order valence-electron chi connectivity index (χ4n) is 7.72. The van der Waals surface area contributed by atoms with E-state index >= 15 is 0 Å². The van der Waals surface area contributed by atoms with Crippen molar-refractivity contribution < 1.29 is 14.6 Å². The lowest BCUT2D eigenvalue weighted by Crippen LogP contribution is -2.63. The monoisotopic (exact) mass is 316 g/mol. The third-order valence-electron chi connectivity index (χ3n) is 8.54. The van der Waals surface area contributed by atoms with Crippen LogP contribution in [0.4, 0.5) is 0 Å². The summed E-state index contributed by atoms with van der Waals surface area (Å²) < 4.78 is 5.82. The smallest absolute Gasteiger partial charge is 0.309 e. The van der Waals surface area contributed by atoms with E-state index in [1.54, 1.807) is 0 Å². The van der Waals surface area contributed by atoms with Gasteiger partial charge in [0.2, 0.25) is 0 Å². The molecular weight excluding hydrogens is 288 g/mol. The Bertz CT molecular complexity index is 583. The van der Waals surface area contributed by atoms with E-state index in [1.165, 1.54) is 31.3 Å². The van der Waals surface area contributed by atoms with Gasteiger partial charge in [-0.2, -0.15) is 0 Å². The fraction of sp³-hybridized carbons (Fsp3) is 0.850. The van der Waals surface area contributed by atoms with Gasteiger partial charge < -0.3 is 9.84 Å². The molecule has 5 rings (SSSR count). The van der Waals surface area contributed by atoms with Crippen LogP contribution in [0.25, 0.3) is 0 Å². The topological polar surface area (TPSA) is 46.5 Å². The van der Waals surface area contributed by atoms with Crippen LogP contribution in [-0.2, 0) is 9.53 Å². The first kappa shape index (κ1) is 14.5. The Kier molecular flexibility index (Phi) is 2.78. The molecule has 1 aliphatic heterocycles. The molecule has 0 aromatic heterocycles. The van der Waals surface area contributed by atoms with Crippen LogP contribution in [0.1, 0.15) is 58.3 Å². The zero-order valence-electron chi connectivity index (χ0n) is 14.1. The molecule has 2 bridgehead atoms. The molecule has 1 saturated heterocycles. The summed E-state index contributed by atoms with van der Waals surface area (Å²) in [7, 11) is 0. The molecule has 3 nitrogen and oxygen atoms in total. The zero-order valence-corrected chi connectivity index (χ0v) is 14.1. The van der Waals surface area contributed by atoms with Crippen molar-refractivity contribution >= 4 is 5.97 Å². The van der Waals surface area contributed by atoms with Gasteiger partial charge in [-0.15, -0.1) is 0 Å². The molecule has 3 heteroatoms. The molecule has 0 unspecified atom stereocenters. The number of aliphatic hydroxyl groups excluding tert-OH is 1. The Hall–Kier alpha value is -0.830. The van der Waals surface area contributed by atoms with Crippen LogP contribution in [0.15, 0.2) is 12.2 Å². The Morgan fingerprint density at radius 3 is 2.91 bits per heavy atom. The number of aliphatic hydroxyl groups is 1. The highest BCUT2D eigenvalue weighted by molar-refractivity contribution is 5.76. The number of hydrogen-bond acceptors (Lipinski definition) is 3. The van der Waals surface area contributed by atoms with Crippen LogP contribution in [0.2, 0.25) is 0 Å². The predicted octanol–water partition coefficient (Wildman–Crippen LogP) is 3.46. The first-order valence-electron chi connectivity index (χ1n) is 9.53. The van der Waals surface area contributed by atoms with E-state index < -0.39 is 6.10 Å². The van der Waals surface area contributed by atoms with E-state index in [0.29, 0.717) is 11.8 Å². The molecule has 0 aromatic carbocycles. The Morgan fingerprint density at radius 1 is 1.26 bits per heavy atom. The van der Waals surface area contributed by atoms with Crippen LogP contribution in [0.3, 0.4) is 0 Å². The molecule has 5 fully saturated rings. The number of esters is 1. The minimum atomic E-state index is -0.486. The molecule has 8 atom stereocenters. The van der Waals surface area contributed by atoms with Crippen molar-refractivity contribution in [2.45, 2.75) is 70.5 Å². The van der Waals surface area contributed by atoms with E-state index in [2.05, 4.69) is 13.5 Å². The minimum absolute atomic E-state index is 0.0295. The van der Waals surface area contributed by atoms with Crippen LogP contribution >= 0.6 is 0 Å². The van der Waals surface area contributed by atoms with E-state index in [1.807, 2.05) is 0 Å². The van der Waals surface area contributed by atoms with Crippen molar-refractivity contribution in [1.29, 1.82) is 0 Å². The highest BCUT2D eigenvalue weighted by Crippen LogP contribution is 2.71. The molecule has 126 valence electrons. The molecule has 1 heterocycles. The highest BCUT2D eigenvalue weighted by atomic mass is 16.6. The van der Waals surface area contributed by atoms with Gasteiger partial charge in [0.1, 0.15) is 6.10 Å². The summed E-state index contributed by atoms with van der Waals surface area (Å²) in [5.74, 6) is 1.34. The summed E-state index contributed by atoms with van der Waals surface area (Å²) >= 11 is 0. The molecule has 5 aliphatic rings. The summed E-state index contributed by atoms with van der Waals surface area (Å²) in [6.45, 7) is 6.74. The first-order chi connectivity index (χ1) is 11.0. The van der Waals surface area contributed by atoms with Gasteiger partial charge >= 0.3 is 5.97 Å². The maximum atomic E-state index is 12.5. The third kappa shape index (κ3) is 1.58. The molecular formula is C20H28O3. The second kappa shape index (κ2) is 4.41. The number of hydrogen-bond donors (Lipinski definition) is 1. The van der Waals surface area contributed by atoms with Gasteiger partial charge in [0.25, 0.3) is 0 Å². The second-order valence-electron chi connectivity index (χ2n) is 9.33. The molecule has 0 aromatic rings. The average Bonchev–Trinajstić information content (AvgIpc) is 2.90. The van der Waals surface area contributed by atoms with Crippen molar-refractivity contribution in [2.24, 2.45) is 34.5 Å². The Balaban J connectivity index is 1.67. The zero-order chi connectivity index (χ0) is 16.0. The summed E-state index contributed by atoms with van der Waals surface area (Å²) in [6, 6.07) is 0. The van der Waals surface area contributed by atoms with Gasteiger partial charge in [0.15, 0.2) is 0 Å². The first-order valence-corrected chi connectivity index (χ1v) is 9.53. The van der Waals surface area contributed by atoms with E-state index in [0.717, 1.165) is 25.7 Å². The lowest BCUT2D eigenvalue weighted by molar-refractivity contribution is -0.207. The van der Waals surface area contributed by atoms with Crippen molar-refractivity contribution in [3.8, 4) is 0 Å². The number of ether oxygens (including phenoxy) is 1. The van der Waals surface area contributed by atoms with E-state index in [4.69, 9.17) is 4.74 Å². The third-order valence-corrected chi connectivity index (χ3v) is 8.54. The second-order valence-corrected chi connectivity index (χ2v) is 9.33. The number of carbonyl (C=O) groups is 1. The molecule has 0 radical (unpaired) electrons. The molecule has 1 N–H and O–H groups in total. The van der Waals surface area contributed by atoms with Crippen molar-refractivity contribution in [3.63, 3.8) is 0 Å². The Labute approximate surface area is 138 Å². The quantitative estimate of drug-likeness (QED) is 0.550. The van der Waals surface area contributed by atoms with Crippen molar-refractivity contribution in [1.82, 2.24) is 0 Å². The largest absolute Gasteiger partial charge is 0.459 e. The van der Waals surface area contributed by atoms with Crippen LogP contribution < -0.4 is 0 Å². The van der Waals surface area contributed by atoms with Crippen LogP contribution in [-0.4, -0.2) is 23.3 Å². The molecule has 1 spiro atoms. The summed E-state index contributed by atoms with van der Waals surface area (Å²) in [6.07, 6.45) is 8.18. The minimum Gasteiger partial charge on any atom is -0.459 e. The van der Waals surface area contributed by atoms with Gasteiger partial charge in [-0.3, -0.25) is 4.79 Å². The van der Waals surface area contributed by atoms with Gasteiger partial charge in [0.05, 0.1) is 12.0 Å². The van der Waals surface area contributed by atoms with Gasteiger partial charge in [-0.05, 0) is 55.8 Å². The number of allylic oxidation sites excluding steroid dienone is 1. The summed E-state index contributed by atoms with van der Waals surface area (Å²) in [5, 5.41) is 11.3.